The second kappa shape index (κ2) is 10.6. The number of benzene rings is 6. The maximum atomic E-state index is 2.38. The van der Waals surface area contributed by atoms with Gasteiger partial charge in [0.2, 0.25) is 0 Å². The third kappa shape index (κ3) is 4.51. The topological polar surface area (TPSA) is 34.7 Å². The predicted octanol–water partition coefficient (Wildman–Crippen LogP) is 6.66. The van der Waals surface area contributed by atoms with Gasteiger partial charge in [-0.25, -0.2) is 0 Å². The summed E-state index contributed by atoms with van der Waals surface area (Å²) < 4.78 is 0. The highest BCUT2D eigenvalue weighted by atomic mass is 31.1. The van der Waals surface area contributed by atoms with Gasteiger partial charge in [-0.15, -0.1) is 0 Å². The fraction of sp³-hybridized carbons (Fsp3) is 0.0588. The second-order valence-corrected chi connectivity index (χ2v) is 11.4. The van der Waals surface area contributed by atoms with Crippen LogP contribution in [0.2, 0.25) is 0 Å². The van der Waals surface area contributed by atoms with Gasteiger partial charge >= 0.3 is 0 Å². The molecule has 3 heteroatoms. The van der Waals surface area contributed by atoms with Gasteiger partial charge in [0.25, 0.3) is 0 Å². The van der Waals surface area contributed by atoms with E-state index in [2.05, 4.69) is 152 Å². The second-order valence-electron chi connectivity index (χ2n) is 9.26. The smallest absolute Gasteiger partial charge is 0.0447 e. The first-order valence-corrected chi connectivity index (χ1v) is 13.7. The molecule has 0 bridgehead atoms. The van der Waals surface area contributed by atoms with Crippen LogP contribution in [0.3, 0.4) is 0 Å². The van der Waals surface area contributed by atoms with Crippen LogP contribution in [0.5, 0.6) is 0 Å². The lowest BCUT2D eigenvalue weighted by Crippen LogP contribution is -2.23. The summed E-state index contributed by atoms with van der Waals surface area (Å²) in [6.45, 7) is 0. The van der Waals surface area contributed by atoms with E-state index in [-0.39, 0.29) is 5.48 Å². The summed E-state index contributed by atoms with van der Waals surface area (Å²) in [7, 11) is 3.53. The largest absolute Gasteiger partial charge is 0.412 e. The summed E-state index contributed by atoms with van der Waals surface area (Å²) in [5, 5.41) is 9.24. The Bertz CT molecular complexity index is 1620. The molecule has 182 valence electrons. The van der Waals surface area contributed by atoms with Crippen molar-refractivity contribution in [1.82, 2.24) is 0 Å². The van der Waals surface area contributed by atoms with Crippen LogP contribution >= 0.6 is 7.92 Å². The summed E-state index contributed by atoms with van der Waals surface area (Å²) in [5.74, 6) is 0. The van der Waals surface area contributed by atoms with Crippen LogP contribution in [0.15, 0.2) is 133 Å². The first kappa shape index (κ1) is 24.7. The molecule has 0 saturated heterocycles. The fourth-order valence-corrected chi connectivity index (χ4v) is 7.66. The monoisotopic (exact) mass is 499 g/mol. The quantitative estimate of drug-likeness (QED) is 0.244. The number of nitrogens with zero attached hydrogens (tertiary/aromatic N) is 1. The van der Waals surface area contributed by atoms with Gasteiger partial charge < -0.3 is 10.4 Å². The van der Waals surface area contributed by atoms with Crippen molar-refractivity contribution in [3.63, 3.8) is 0 Å². The SMILES string of the molecule is CN(C)c1ccc2ccccc2c1-c1c(P(c2ccccc2)c2ccccc2)ccc2ccccc12.O. The molecule has 0 heterocycles. The number of hydrogen-bond acceptors (Lipinski definition) is 1. The van der Waals surface area contributed by atoms with Gasteiger partial charge in [0.1, 0.15) is 0 Å². The summed E-state index contributed by atoms with van der Waals surface area (Å²) in [4.78, 5) is 2.25. The van der Waals surface area contributed by atoms with E-state index in [0.717, 1.165) is 0 Å². The zero-order valence-electron chi connectivity index (χ0n) is 21.1. The first-order valence-electron chi connectivity index (χ1n) is 12.3. The normalized spacial score (nSPS) is 11.0. The van der Waals surface area contributed by atoms with Crippen LogP contribution in [0.4, 0.5) is 5.69 Å². The average Bonchev–Trinajstić information content (AvgIpc) is 2.93. The molecule has 0 aliphatic carbocycles. The minimum atomic E-state index is -0.769. The van der Waals surface area contributed by atoms with Crippen LogP contribution in [0, 0.1) is 0 Å². The van der Waals surface area contributed by atoms with E-state index < -0.39 is 7.92 Å². The highest BCUT2D eigenvalue weighted by Gasteiger charge is 2.24. The zero-order valence-corrected chi connectivity index (χ0v) is 22.0. The molecule has 0 radical (unpaired) electrons. The van der Waals surface area contributed by atoms with E-state index in [1.165, 1.54) is 54.3 Å². The van der Waals surface area contributed by atoms with Crippen molar-refractivity contribution in [3.05, 3.63) is 133 Å². The molecule has 0 unspecified atom stereocenters. The minimum Gasteiger partial charge on any atom is -0.412 e. The van der Waals surface area contributed by atoms with Crippen LogP contribution in [-0.4, -0.2) is 19.6 Å². The highest BCUT2D eigenvalue weighted by molar-refractivity contribution is 7.80. The standard InChI is InChI=1S/C34H28NP.H2O/c1-35(2)31-23-21-25-13-9-11-19-29(25)33(31)34-30-20-12-10-14-26(30)22-24-32(34)36(27-15-5-3-6-16-27)28-17-7-4-8-18-28;/h3-24H,1-2H3;1H2. The Hall–Kier alpha value is -3.97. The summed E-state index contributed by atoms with van der Waals surface area (Å²) in [6.07, 6.45) is 0. The van der Waals surface area contributed by atoms with E-state index in [4.69, 9.17) is 0 Å². The fourth-order valence-electron chi connectivity index (χ4n) is 5.19. The van der Waals surface area contributed by atoms with Gasteiger partial charge in [0, 0.05) is 30.9 Å². The van der Waals surface area contributed by atoms with Crippen molar-refractivity contribution in [3.8, 4) is 11.1 Å². The van der Waals surface area contributed by atoms with Crippen LogP contribution < -0.4 is 20.8 Å². The lowest BCUT2D eigenvalue weighted by atomic mass is 9.92. The summed E-state index contributed by atoms with van der Waals surface area (Å²) in [5.41, 5.74) is 3.89. The Labute approximate surface area is 219 Å². The van der Waals surface area contributed by atoms with Gasteiger partial charge in [-0.05, 0) is 51.4 Å². The van der Waals surface area contributed by atoms with Crippen LogP contribution in [0.1, 0.15) is 0 Å². The molecular formula is C34H30NOP. The lowest BCUT2D eigenvalue weighted by Gasteiger charge is -2.27. The summed E-state index contributed by atoms with van der Waals surface area (Å²) in [6, 6.07) is 48.8. The lowest BCUT2D eigenvalue weighted by molar-refractivity contribution is 0.824. The highest BCUT2D eigenvalue weighted by Crippen LogP contribution is 2.45. The zero-order chi connectivity index (χ0) is 24.5. The van der Waals surface area contributed by atoms with Gasteiger partial charge in [0.05, 0.1) is 0 Å². The van der Waals surface area contributed by atoms with Gasteiger partial charge in [-0.2, -0.15) is 0 Å². The van der Waals surface area contributed by atoms with E-state index >= 15 is 0 Å². The van der Waals surface area contributed by atoms with Gasteiger partial charge in [-0.3, -0.25) is 0 Å². The van der Waals surface area contributed by atoms with Crippen molar-refractivity contribution in [1.29, 1.82) is 0 Å². The van der Waals surface area contributed by atoms with Gasteiger partial charge in [-0.1, -0.05) is 127 Å². The third-order valence-corrected chi connectivity index (χ3v) is 9.30. The molecule has 0 fully saturated rings. The maximum Gasteiger partial charge on any atom is 0.0447 e. The van der Waals surface area contributed by atoms with Gasteiger partial charge in [0.15, 0.2) is 0 Å². The Kier molecular flexibility index (Phi) is 7.06. The van der Waals surface area contributed by atoms with Crippen molar-refractivity contribution >= 4 is 51.1 Å². The van der Waals surface area contributed by atoms with E-state index in [1.54, 1.807) is 0 Å². The number of fused-ring (bicyclic) bond motifs is 2. The molecule has 0 spiro atoms. The molecular weight excluding hydrogens is 469 g/mol. The van der Waals surface area contributed by atoms with E-state index in [1.807, 2.05) is 0 Å². The molecule has 37 heavy (non-hydrogen) atoms. The molecule has 0 amide bonds. The third-order valence-electron chi connectivity index (χ3n) is 6.82. The van der Waals surface area contributed by atoms with Crippen molar-refractivity contribution < 1.29 is 5.48 Å². The molecule has 6 aromatic rings. The predicted molar refractivity (Wildman–Crippen MR) is 164 cm³/mol. The number of rotatable bonds is 5. The molecule has 2 nitrogen and oxygen atoms in total. The number of hydrogen-bond donors (Lipinski definition) is 0. The molecule has 6 rings (SSSR count). The molecule has 6 aromatic carbocycles. The Balaban J connectivity index is 0.00000280. The van der Waals surface area contributed by atoms with Crippen molar-refractivity contribution in [2.75, 3.05) is 19.0 Å². The first-order chi connectivity index (χ1) is 17.7. The molecule has 0 saturated carbocycles. The molecule has 0 atom stereocenters. The Morgan fingerprint density at radius 2 is 0.919 bits per heavy atom. The molecule has 0 aliphatic heterocycles. The van der Waals surface area contributed by atoms with E-state index in [0.29, 0.717) is 0 Å². The molecule has 2 N–H and O–H groups in total. The maximum absolute atomic E-state index is 2.38. The summed E-state index contributed by atoms with van der Waals surface area (Å²) >= 11 is 0. The molecule has 0 aliphatic rings. The minimum absolute atomic E-state index is 0. The van der Waals surface area contributed by atoms with Crippen LogP contribution in [0.25, 0.3) is 32.7 Å². The Morgan fingerprint density at radius 3 is 1.46 bits per heavy atom. The molecule has 0 aromatic heterocycles. The van der Waals surface area contributed by atoms with E-state index in [9.17, 15) is 0 Å². The van der Waals surface area contributed by atoms with Crippen molar-refractivity contribution in [2.45, 2.75) is 0 Å². The number of anilines is 1. The Morgan fingerprint density at radius 1 is 0.459 bits per heavy atom. The van der Waals surface area contributed by atoms with Crippen molar-refractivity contribution in [2.24, 2.45) is 0 Å². The average molecular weight is 500 g/mol. The van der Waals surface area contributed by atoms with Crippen LogP contribution in [-0.2, 0) is 0 Å².